The molecule has 2 N–H and O–H groups in total. The van der Waals surface area contributed by atoms with Gasteiger partial charge in [-0.25, -0.2) is 15.0 Å². The predicted molar refractivity (Wildman–Crippen MR) is 81.2 cm³/mol. The Morgan fingerprint density at radius 1 is 1.25 bits per heavy atom. The zero-order chi connectivity index (χ0) is 13.9. The van der Waals surface area contributed by atoms with Gasteiger partial charge in [0.15, 0.2) is 5.16 Å². The number of aromatic amines is 1. The van der Waals surface area contributed by atoms with Crippen LogP contribution in [-0.4, -0.2) is 27.0 Å². The minimum absolute atomic E-state index is 0.849. The van der Waals surface area contributed by atoms with E-state index in [2.05, 4.69) is 32.2 Å². The lowest BCUT2D eigenvalue weighted by Gasteiger charge is -2.09. The smallest absolute Gasteiger partial charge is 0.172 e. The Balaban J connectivity index is 1.98. The average molecular weight is 285 g/mol. The first-order chi connectivity index (χ1) is 9.81. The SMILES string of the molecule is CCc1c(NC)ncnc1Sc1nc2ccccc2[nH]1. The van der Waals surface area contributed by atoms with Crippen LogP contribution in [0.15, 0.2) is 40.8 Å². The van der Waals surface area contributed by atoms with Gasteiger partial charge in [-0.15, -0.1) is 0 Å². The molecule has 0 aliphatic heterocycles. The number of para-hydroxylation sites is 2. The number of imidazole rings is 1. The van der Waals surface area contributed by atoms with Gasteiger partial charge in [-0.1, -0.05) is 19.1 Å². The maximum Gasteiger partial charge on any atom is 0.172 e. The van der Waals surface area contributed by atoms with E-state index in [-0.39, 0.29) is 0 Å². The molecule has 0 bridgehead atoms. The fourth-order valence-electron chi connectivity index (χ4n) is 2.09. The lowest BCUT2D eigenvalue weighted by Crippen LogP contribution is -2.01. The molecule has 0 aliphatic carbocycles. The first-order valence-corrected chi connectivity index (χ1v) is 7.27. The standard InChI is InChI=1S/C14H15N5S/c1-3-9-12(15-2)16-8-17-13(9)20-14-18-10-6-4-5-7-11(10)19-14/h4-8H,3H2,1-2H3,(H,18,19)(H,15,16,17). The number of hydrogen-bond donors (Lipinski definition) is 2. The molecule has 0 unspecified atom stereocenters. The van der Waals surface area contributed by atoms with Gasteiger partial charge >= 0.3 is 0 Å². The van der Waals surface area contributed by atoms with E-state index in [1.807, 2.05) is 31.3 Å². The molecule has 0 atom stereocenters. The summed E-state index contributed by atoms with van der Waals surface area (Å²) in [5, 5.41) is 4.89. The van der Waals surface area contributed by atoms with Gasteiger partial charge in [0.05, 0.1) is 11.0 Å². The first kappa shape index (κ1) is 12.9. The van der Waals surface area contributed by atoms with Crippen molar-refractivity contribution in [1.29, 1.82) is 0 Å². The molecule has 5 nitrogen and oxygen atoms in total. The molecule has 0 saturated carbocycles. The molecule has 2 heterocycles. The van der Waals surface area contributed by atoms with Crippen molar-refractivity contribution >= 4 is 28.6 Å². The summed E-state index contributed by atoms with van der Waals surface area (Å²) in [6.45, 7) is 2.10. The third-order valence-electron chi connectivity index (χ3n) is 3.06. The molecule has 0 fully saturated rings. The molecule has 3 rings (SSSR count). The van der Waals surface area contributed by atoms with Crippen LogP contribution < -0.4 is 5.32 Å². The number of anilines is 1. The number of benzene rings is 1. The van der Waals surface area contributed by atoms with Crippen molar-refractivity contribution in [2.24, 2.45) is 0 Å². The van der Waals surface area contributed by atoms with E-state index in [4.69, 9.17) is 0 Å². The highest BCUT2D eigenvalue weighted by atomic mass is 32.2. The highest BCUT2D eigenvalue weighted by molar-refractivity contribution is 7.99. The minimum atomic E-state index is 0.849. The normalized spacial score (nSPS) is 10.9. The third kappa shape index (κ3) is 2.34. The van der Waals surface area contributed by atoms with Gasteiger partial charge in [-0.2, -0.15) is 0 Å². The van der Waals surface area contributed by atoms with Gasteiger partial charge < -0.3 is 10.3 Å². The second kappa shape index (κ2) is 5.50. The molecule has 1 aromatic carbocycles. The maximum atomic E-state index is 4.57. The number of rotatable bonds is 4. The second-order valence-corrected chi connectivity index (χ2v) is 5.25. The summed E-state index contributed by atoms with van der Waals surface area (Å²) in [6.07, 6.45) is 2.45. The minimum Gasteiger partial charge on any atom is -0.373 e. The van der Waals surface area contributed by atoms with Crippen LogP contribution in [0.5, 0.6) is 0 Å². The van der Waals surface area contributed by atoms with Crippen LogP contribution >= 0.6 is 11.8 Å². The van der Waals surface area contributed by atoms with E-state index in [1.54, 1.807) is 6.33 Å². The Bertz CT molecular complexity index is 704. The van der Waals surface area contributed by atoms with E-state index in [1.165, 1.54) is 11.8 Å². The molecule has 0 amide bonds. The van der Waals surface area contributed by atoms with Crippen LogP contribution in [0.25, 0.3) is 11.0 Å². The molecule has 2 aromatic heterocycles. The summed E-state index contributed by atoms with van der Waals surface area (Å²) in [6, 6.07) is 8.00. The molecule has 3 aromatic rings. The Morgan fingerprint density at radius 2 is 2.10 bits per heavy atom. The largest absolute Gasteiger partial charge is 0.373 e. The van der Waals surface area contributed by atoms with Gasteiger partial charge in [-0.3, -0.25) is 0 Å². The topological polar surface area (TPSA) is 66.5 Å². The van der Waals surface area contributed by atoms with Crippen molar-refractivity contribution in [3.05, 3.63) is 36.2 Å². The molecular formula is C14H15N5S. The van der Waals surface area contributed by atoms with Crippen LogP contribution in [0.4, 0.5) is 5.82 Å². The zero-order valence-corrected chi connectivity index (χ0v) is 12.2. The number of aromatic nitrogens is 4. The van der Waals surface area contributed by atoms with Crippen LogP contribution in [0.2, 0.25) is 0 Å². The van der Waals surface area contributed by atoms with Crippen LogP contribution in [-0.2, 0) is 6.42 Å². The molecule has 0 radical (unpaired) electrons. The summed E-state index contributed by atoms with van der Waals surface area (Å²) in [5.41, 5.74) is 3.12. The van der Waals surface area contributed by atoms with Crippen LogP contribution in [0, 0.1) is 0 Å². The number of nitrogens with one attached hydrogen (secondary N) is 2. The Hall–Kier alpha value is -2.08. The molecule has 0 saturated heterocycles. The van der Waals surface area contributed by atoms with Gasteiger partial charge in [0.1, 0.15) is 17.2 Å². The summed E-state index contributed by atoms with van der Waals surface area (Å²) in [4.78, 5) is 16.5. The predicted octanol–water partition coefficient (Wildman–Crippen LogP) is 3.11. The number of H-pyrrole nitrogens is 1. The molecular weight excluding hydrogens is 270 g/mol. The average Bonchev–Trinajstić information content (AvgIpc) is 2.89. The van der Waals surface area contributed by atoms with Gasteiger partial charge in [0.25, 0.3) is 0 Å². The van der Waals surface area contributed by atoms with Crippen molar-refractivity contribution in [3.63, 3.8) is 0 Å². The van der Waals surface area contributed by atoms with E-state index in [0.717, 1.165) is 39.0 Å². The Kier molecular flexibility index (Phi) is 3.56. The summed E-state index contributed by atoms with van der Waals surface area (Å²) < 4.78 is 0. The molecule has 102 valence electrons. The number of hydrogen-bond acceptors (Lipinski definition) is 5. The molecule has 0 spiro atoms. The van der Waals surface area contributed by atoms with Gasteiger partial charge in [0.2, 0.25) is 0 Å². The Labute approximate surface area is 121 Å². The third-order valence-corrected chi connectivity index (χ3v) is 3.99. The summed E-state index contributed by atoms with van der Waals surface area (Å²) in [7, 11) is 1.87. The lowest BCUT2D eigenvalue weighted by atomic mass is 10.2. The molecule has 20 heavy (non-hydrogen) atoms. The summed E-state index contributed by atoms with van der Waals surface area (Å²) >= 11 is 1.54. The van der Waals surface area contributed by atoms with Crippen molar-refractivity contribution in [1.82, 2.24) is 19.9 Å². The summed E-state index contributed by atoms with van der Waals surface area (Å²) in [5.74, 6) is 0.876. The molecule has 0 aliphatic rings. The first-order valence-electron chi connectivity index (χ1n) is 6.46. The van der Waals surface area contributed by atoms with Crippen molar-refractivity contribution in [3.8, 4) is 0 Å². The fourth-order valence-corrected chi connectivity index (χ4v) is 3.04. The van der Waals surface area contributed by atoms with E-state index < -0.39 is 0 Å². The van der Waals surface area contributed by atoms with Gasteiger partial charge in [-0.05, 0) is 30.3 Å². The number of fused-ring (bicyclic) bond motifs is 1. The fraction of sp³-hybridized carbons (Fsp3) is 0.214. The highest BCUT2D eigenvalue weighted by Gasteiger charge is 2.12. The van der Waals surface area contributed by atoms with Crippen molar-refractivity contribution in [2.75, 3.05) is 12.4 Å². The van der Waals surface area contributed by atoms with Crippen LogP contribution in [0.1, 0.15) is 12.5 Å². The van der Waals surface area contributed by atoms with Crippen molar-refractivity contribution in [2.45, 2.75) is 23.5 Å². The monoisotopic (exact) mass is 285 g/mol. The quantitative estimate of drug-likeness (QED) is 0.721. The van der Waals surface area contributed by atoms with Crippen LogP contribution in [0.3, 0.4) is 0 Å². The van der Waals surface area contributed by atoms with E-state index in [0.29, 0.717) is 0 Å². The second-order valence-electron chi connectivity index (χ2n) is 4.27. The van der Waals surface area contributed by atoms with Gasteiger partial charge in [0, 0.05) is 12.6 Å². The molecule has 6 heteroatoms. The zero-order valence-electron chi connectivity index (χ0n) is 11.3. The number of nitrogens with zero attached hydrogens (tertiary/aromatic N) is 3. The van der Waals surface area contributed by atoms with E-state index in [9.17, 15) is 0 Å². The lowest BCUT2D eigenvalue weighted by molar-refractivity contribution is 0.939. The highest BCUT2D eigenvalue weighted by Crippen LogP contribution is 2.30. The van der Waals surface area contributed by atoms with Crippen molar-refractivity contribution < 1.29 is 0 Å². The van der Waals surface area contributed by atoms with E-state index >= 15 is 0 Å². The maximum absolute atomic E-state index is 4.57. The Morgan fingerprint density at radius 3 is 2.85 bits per heavy atom.